The molecule has 436 valence electrons. The minimum Gasteiger partial charge on any atom is -0.335 e. The summed E-state index contributed by atoms with van der Waals surface area (Å²) >= 11 is 0. The van der Waals surface area contributed by atoms with Crippen molar-refractivity contribution in [3.05, 3.63) is 242 Å². The number of hydrogen-bond acceptors (Lipinski definition) is 0. The van der Waals surface area contributed by atoms with Crippen LogP contribution in [0.3, 0.4) is 0 Å². The van der Waals surface area contributed by atoms with E-state index in [1.54, 1.807) is 19.1 Å². The Bertz CT molecular complexity index is 5460. The Hall–Kier alpha value is -8.80. The second-order valence-electron chi connectivity index (χ2n) is 27.3. The number of benzene rings is 10. The van der Waals surface area contributed by atoms with E-state index < -0.39 is 0 Å². The Labute approximate surface area is 525 Å². The molecule has 0 aliphatic heterocycles. The van der Waals surface area contributed by atoms with Crippen LogP contribution in [0.5, 0.6) is 0 Å². The molecular formula is C81H87N5. The molecule has 5 heteroatoms. The maximum atomic E-state index is 8.45. The van der Waals surface area contributed by atoms with E-state index in [4.69, 9.17) is 15.1 Å². The summed E-state index contributed by atoms with van der Waals surface area (Å²) < 4.78 is 100. The topological polar surface area (TPSA) is 24.6 Å². The van der Waals surface area contributed by atoms with Gasteiger partial charge in [0, 0.05) is 137 Å². The molecule has 0 fully saturated rings. The standard InChI is InChI=1S/C17H19N.4C16H17N/c1-12-9-10-14-13-7-5-6-8-15(13)18(16(14)11-12)17(2,3)4;4*1-16(2,3)17-14-10-6-4-8-12(14)13-9-5-7-11-15(13)17/h5-11H,1-4H3;4*4-11H,1-3H3/i9D,10D,11D;6D,7D,8D,9D;4D,5D;10D;8D. The molecule has 0 atom stereocenters. The third kappa shape index (κ3) is 11.1. The molecule has 0 saturated heterocycles. The van der Waals surface area contributed by atoms with E-state index in [9.17, 15) is 0 Å². The summed E-state index contributed by atoms with van der Waals surface area (Å²) in [5.74, 6) is 0. The van der Waals surface area contributed by atoms with Crippen LogP contribution in [-0.2, 0) is 27.7 Å². The Morgan fingerprint density at radius 3 is 0.907 bits per heavy atom. The molecule has 15 aromatic rings. The number of fused-ring (bicyclic) bond motifs is 15. The van der Waals surface area contributed by atoms with E-state index in [1.165, 1.54) is 39.3 Å². The van der Waals surface area contributed by atoms with E-state index in [0.717, 1.165) is 71.1 Å². The highest BCUT2D eigenvalue weighted by Crippen LogP contribution is 2.39. The SMILES string of the molecule is [2H]c1c(C)c([2H])c2c(c1[2H])c1ccccc1n2C(C)(C)C.[2H]c1cc([2H])c2c3c([2H])cc([2H])cc3n(C(C)(C)C)c2c1.[2H]c1ccc2c(c1)c1cc([2H])ccc1n2C(C)(C)C.[2H]c1cccc2c1c1ccccc1n2C(C)(C)C.[2H]c1cccc2c3ccccc3n(C(C)(C)C)c12. The molecular weight excluding hydrogens is 1040 g/mol. The van der Waals surface area contributed by atoms with Crippen LogP contribution in [0.4, 0.5) is 0 Å². The maximum Gasteiger partial charge on any atom is 0.0648 e. The van der Waals surface area contributed by atoms with Crippen molar-refractivity contribution in [2.45, 2.75) is 138 Å². The summed E-state index contributed by atoms with van der Waals surface area (Å²) in [6, 6.07) is 58.5. The smallest absolute Gasteiger partial charge is 0.0648 e. The molecule has 0 saturated carbocycles. The summed E-state index contributed by atoms with van der Waals surface area (Å²) in [5.41, 5.74) is 10.3. The molecule has 0 amide bonds. The van der Waals surface area contributed by atoms with Crippen molar-refractivity contribution < 1.29 is 15.1 Å². The first-order valence-corrected chi connectivity index (χ1v) is 29.9. The molecule has 10 aromatic carbocycles. The molecule has 5 heterocycles. The van der Waals surface area contributed by atoms with E-state index in [0.29, 0.717) is 58.6 Å². The molecule has 86 heavy (non-hydrogen) atoms. The maximum absolute atomic E-state index is 8.45. The summed E-state index contributed by atoms with van der Waals surface area (Å²) in [6.45, 7) is 33.9. The first kappa shape index (κ1) is 46.5. The van der Waals surface area contributed by atoms with Crippen LogP contribution in [0.2, 0.25) is 0 Å². The van der Waals surface area contributed by atoms with Gasteiger partial charge in [-0.2, -0.15) is 0 Å². The van der Waals surface area contributed by atoms with E-state index in [1.807, 2.05) is 116 Å². The monoisotopic (exact) mass is 1140 g/mol. The van der Waals surface area contributed by atoms with Gasteiger partial charge in [0.15, 0.2) is 0 Å². The van der Waals surface area contributed by atoms with E-state index in [2.05, 4.69) is 156 Å². The lowest BCUT2D eigenvalue weighted by Crippen LogP contribution is -2.21. The van der Waals surface area contributed by atoms with Gasteiger partial charge in [0.1, 0.15) is 0 Å². The fraction of sp³-hybridized carbons (Fsp3) is 0.259. The predicted molar refractivity (Wildman–Crippen MR) is 377 cm³/mol. The molecule has 5 aromatic heterocycles. The van der Waals surface area contributed by atoms with Gasteiger partial charge in [-0.1, -0.05) is 176 Å². The predicted octanol–water partition coefficient (Wildman–Crippen LogP) is 23.1. The quantitative estimate of drug-likeness (QED) is 0.145. The van der Waals surface area contributed by atoms with Crippen molar-refractivity contribution in [3.63, 3.8) is 0 Å². The largest absolute Gasteiger partial charge is 0.335 e. The van der Waals surface area contributed by atoms with Crippen LogP contribution in [0, 0.1) is 6.92 Å². The van der Waals surface area contributed by atoms with Crippen LogP contribution < -0.4 is 0 Å². The lowest BCUT2D eigenvalue weighted by atomic mass is 10.1. The summed E-state index contributed by atoms with van der Waals surface area (Å²) in [4.78, 5) is 0. The highest BCUT2D eigenvalue weighted by Gasteiger charge is 2.24. The van der Waals surface area contributed by atoms with Gasteiger partial charge >= 0.3 is 0 Å². The zero-order valence-corrected chi connectivity index (χ0v) is 52.9. The van der Waals surface area contributed by atoms with Gasteiger partial charge in [-0.15, -0.1) is 0 Å². The average molecular weight is 1140 g/mol. The third-order valence-corrected chi connectivity index (χ3v) is 15.6. The van der Waals surface area contributed by atoms with Crippen molar-refractivity contribution in [1.82, 2.24) is 22.8 Å². The second-order valence-corrected chi connectivity index (χ2v) is 27.3. The molecule has 0 N–H and O–H groups in total. The number of aromatic nitrogens is 5. The molecule has 15 rings (SSSR count). The van der Waals surface area contributed by atoms with Gasteiger partial charge in [-0.25, -0.2) is 0 Å². The third-order valence-electron chi connectivity index (χ3n) is 15.6. The average Bonchev–Trinajstić information content (AvgIpc) is 1.62. The molecule has 0 radical (unpaired) electrons. The number of hydrogen-bond donors (Lipinski definition) is 0. The summed E-state index contributed by atoms with van der Waals surface area (Å²) in [5, 5.41) is 9.83. The lowest BCUT2D eigenvalue weighted by molar-refractivity contribution is 0.423. The van der Waals surface area contributed by atoms with Crippen LogP contribution >= 0.6 is 0 Å². The molecule has 0 spiro atoms. The fourth-order valence-electron chi connectivity index (χ4n) is 12.5. The van der Waals surface area contributed by atoms with Gasteiger partial charge in [-0.3, -0.25) is 0 Å². The van der Waals surface area contributed by atoms with Gasteiger partial charge < -0.3 is 22.8 Å². The van der Waals surface area contributed by atoms with Crippen LogP contribution in [0.1, 0.15) is 124 Å². The fourth-order valence-corrected chi connectivity index (χ4v) is 12.5. The summed E-state index contributed by atoms with van der Waals surface area (Å²) in [7, 11) is 0. The van der Waals surface area contributed by atoms with Crippen molar-refractivity contribution in [2.24, 2.45) is 0 Å². The Morgan fingerprint density at radius 1 is 0.221 bits per heavy atom. The first-order chi connectivity index (χ1) is 45.3. The Balaban J connectivity index is 0.000000123. The lowest BCUT2D eigenvalue weighted by Gasteiger charge is -2.24. The highest BCUT2D eigenvalue weighted by atomic mass is 15.1. The van der Waals surface area contributed by atoms with Gasteiger partial charge in [0.2, 0.25) is 0 Å². The molecule has 0 bridgehead atoms. The number of nitrogens with zero attached hydrogens (tertiary/aromatic N) is 5. The van der Waals surface area contributed by atoms with Crippen LogP contribution in [0.15, 0.2) is 236 Å². The van der Waals surface area contributed by atoms with Gasteiger partial charge in [-0.05, 0) is 177 Å². The molecule has 0 unspecified atom stereocenters. The van der Waals surface area contributed by atoms with Crippen LogP contribution in [-0.4, -0.2) is 22.8 Å². The number of rotatable bonds is 0. The molecule has 5 nitrogen and oxygen atoms in total. The van der Waals surface area contributed by atoms with Crippen molar-refractivity contribution in [2.75, 3.05) is 0 Å². The Morgan fingerprint density at radius 2 is 0.477 bits per heavy atom. The second kappa shape index (κ2) is 22.6. The zero-order valence-electron chi connectivity index (χ0n) is 63.9. The van der Waals surface area contributed by atoms with E-state index >= 15 is 0 Å². The first-order valence-electron chi connectivity index (χ1n) is 35.4. The minimum atomic E-state index is -0.263. The zero-order chi connectivity index (χ0) is 70.7. The van der Waals surface area contributed by atoms with Crippen molar-refractivity contribution in [3.8, 4) is 0 Å². The highest BCUT2D eigenvalue weighted by molar-refractivity contribution is 6.12. The number of para-hydroxylation sites is 9. The van der Waals surface area contributed by atoms with Crippen molar-refractivity contribution >= 4 is 109 Å². The van der Waals surface area contributed by atoms with Gasteiger partial charge in [0.05, 0.1) is 15.1 Å². The minimum absolute atomic E-state index is 0.00907. The molecule has 0 aliphatic rings. The summed E-state index contributed by atoms with van der Waals surface area (Å²) in [6.07, 6.45) is 0. The van der Waals surface area contributed by atoms with Gasteiger partial charge in [0.25, 0.3) is 0 Å². The Kier molecular flexibility index (Phi) is 12.2. The normalized spacial score (nSPS) is 14.2. The molecule has 0 aliphatic carbocycles. The van der Waals surface area contributed by atoms with Crippen LogP contribution in [0.25, 0.3) is 109 Å². The van der Waals surface area contributed by atoms with E-state index in [-0.39, 0.29) is 51.9 Å². The van der Waals surface area contributed by atoms with Crippen molar-refractivity contribution in [1.29, 1.82) is 0 Å².